The van der Waals surface area contributed by atoms with Crippen LogP contribution in [0.15, 0.2) is 25.3 Å². The normalized spacial score (nSPS) is 20.6. The molecule has 0 spiro atoms. The highest BCUT2D eigenvalue weighted by Gasteiger charge is 2.39. The van der Waals surface area contributed by atoms with Gasteiger partial charge in [0.25, 0.3) is 39.1 Å². The van der Waals surface area contributed by atoms with Gasteiger partial charge in [-0.05, 0) is 0 Å². The van der Waals surface area contributed by atoms with Crippen LogP contribution in [-0.2, 0) is 134 Å². The number of nitrogens with one attached hydrogen (secondary N) is 1. The van der Waals surface area contributed by atoms with E-state index in [1.54, 1.807) is 5.09 Å². The van der Waals surface area contributed by atoms with Crippen molar-refractivity contribution in [2.45, 2.75) is 49.7 Å². The van der Waals surface area contributed by atoms with E-state index < -0.39 is 103 Å². The van der Waals surface area contributed by atoms with Crippen LogP contribution in [0.3, 0.4) is 0 Å². The summed E-state index contributed by atoms with van der Waals surface area (Å²) in [5.74, 6) is 0.223. The molecule has 8 unspecified atom stereocenters. The number of phosphoric ester groups is 3. The maximum atomic E-state index is 12.2. The molecule has 6 heterocycles. The van der Waals surface area contributed by atoms with Crippen LogP contribution in [0.1, 0.15) is 25.3 Å². The summed E-state index contributed by atoms with van der Waals surface area (Å²) in [7, 11) is -33.4. The van der Waals surface area contributed by atoms with Crippen molar-refractivity contribution in [3.63, 3.8) is 0 Å². The third-order valence-electron chi connectivity index (χ3n) is 13.4. The smallest absolute Gasteiger partial charge is 0.280 e. The number of fused-ring (bicyclic) bond motifs is 2. The van der Waals surface area contributed by atoms with Gasteiger partial charge >= 0.3 is 0 Å². The minimum Gasteiger partial charge on any atom is -0.766 e. The predicted molar refractivity (Wildman–Crippen MR) is 364 cm³/mol. The van der Waals surface area contributed by atoms with Crippen molar-refractivity contribution >= 4 is 80.8 Å². The van der Waals surface area contributed by atoms with Gasteiger partial charge in [0.1, 0.15) is 48.4 Å². The number of aromatic nitrogens is 8. The van der Waals surface area contributed by atoms with E-state index in [0.29, 0.717) is 191 Å². The van der Waals surface area contributed by atoms with Crippen LogP contribution < -0.4 is 63.1 Å². The molecule has 57 heteroatoms. The number of nitrogens with zero attached hydrogens (tertiary/aromatic N) is 8. The molecular formula is C53H98N14O37P6-6. The highest BCUT2D eigenvalue weighted by Crippen LogP contribution is 2.63. The SMILES string of the molecule is COP(=O)([O-])OP(=O)([O-])OP(=O)([O-])OC[C@H]1O[C@@H](n2cnc3c(N)ncnc32)CC1O.NCCOCCOCCOCCOCCOCCOCCOCCN.NCCOCCOCCOCCOCCOCCOCCOCCNP(=O)([O-])OP(=O)([O-])OP(=O)([O-])OC[C@H]1O[C@@H](n2cnc3c(N)ncnc32)CC1O. The van der Waals surface area contributed by atoms with Crippen LogP contribution in [0, 0.1) is 0 Å². The molecule has 0 saturated carbocycles. The van der Waals surface area contributed by atoms with Gasteiger partial charge < -0.3 is 158 Å². The Bertz CT molecular complexity index is 3410. The monoisotopic (exact) mass is 1710 g/mol. The van der Waals surface area contributed by atoms with Gasteiger partial charge in [-0.1, -0.05) is 0 Å². The number of nitrogen functional groups attached to an aromatic ring is 2. The van der Waals surface area contributed by atoms with E-state index in [9.17, 15) is 67.0 Å². The van der Waals surface area contributed by atoms with Crippen molar-refractivity contribution in [1.82, 2.24) is 44.1 Å². The average molecular weight is 1710 g/mol. The molecule has 4 aromatic rings. The third-order valence-corrected chi connectivity index (χ3v) is 21.9. The lowest BCUT2D eigenvalue weighted by Gasteiger charge is -2.35. The molecule has 13 N–H and O–H groups in total. The van der Waals surface area contributed by atoms with Crippen molar-refractivity contribution < 1.29 is 174 Å². The van der Waals surface area contributed by atoms with Gasteiger partial charge in [-0.25, -0.2) is 42.8 Å². The van der Waals surface area contributed by atoms with Crippen molar-refractivity contribution in [2.24, 2.45) is 17.2 Å². The molecule has 12 atom stereocenters. The molecule has 638 valence electrons. The highest BCUT2D eigenvalue weighted by atomic mass is 31.3. The van der Waals surface area contributed by atoms with Crippen LogP contribution in [0.25, 0.3) is 22.3 Å². The number of ether oxygens (including phenoxy) is 16. The van der Waals surface area contributed by atoms with Crippen LogP contribution in [0.2, 0.25) is 0 Å². The third kappa shape index (κ3) is 43.0. The zero-order chi connectivity index (χ0) is 80.6. The number of hydrogen-bond donors (Lipinski definition) is 8. The van der Waals surface area contributed by atoms with E-state index in [2.05, 4.69) is 60.7 Å². The highest BCUT2D eigenvalue weighted by molar-refractivity contribution is 7.66. The fourth-order valence-corrected chi connectivity index (χ4v) is 15.2. The maximum absolute atomic E-state index is 12.2. The number of rotatable bonds is 63. The molecule has 0 aromatic carbocycles. The zero-order valence-corrected chi connectivity index (χ0v) is 65.4. The molecule has 51 nitrogen and oxygen atoms in total. The number of aliphatic hydroxyl groups is 2. The second-order valence-corrected chi connectivity index (χ2v) is 31.0. The van der Waals surface area contributed by atoms with Gasteiger partial charge in [0.05, 0.1) is 223 Å². The first kappa shape index (κ1) is 99.0. The van der Waals surface area contributed by atoms with Gasteiger partial charge in [-0.2, -0.15) is 0 Å². The number of aliphatic hydroxyl groups excluding tert-OH is 2. The second-order valence-electron chi connectivity index (χ2n) is 21.7. The lowest BCUT2D eigenvalue weighted by molar-refractivity contribution is -0.253. The summed E-state index contributed by atoms with van der Waals surface area (Å²) in [6, 6.07) is 0. The summed E-state index contributed by atoms with van der Waals surface area (Å²) >= 11 is 0. The Morgan fingerprint density at radius 3 is 0.973 bits per heavy atom. The van der Waals surface area contributed by atoms with E-state index in [4.69, 9.17) is 104 Å². The molecule has 2 fully saturated rings. The first-order valence-electron chi connectivity index (χ1n) is 33.6. The molecule has 2 aliphatic heterocycles. The lowest BCUT2D eigenvalue weighted by atomic mass is 10.2. The van der Waals surface area contributed by atoms with Crippen molar-refractivity contribution in [2.75, 3.05) is 243 Å². The zero-order valence-electron chi connectivity index (χ0n) is 60.1. The summed E-state index contributed by atoms with van der Waals surface area (Å²) in [6.07, 6.45) is -1.72. The van der Waals surface area contributed by atoms with Crippen LogP contribution >= 0.6 is 46.9 Å². The molecular weight excluding hydrogens is 1610 g/mol. The van der Waals surface area contributed by atoms with E-state index in [1.165, 1.54) is 34.4 Å². The molecule has 110 heavy (non-hydrogen) atoms. The fourth-order valence-electron chi connectivity index (χ4n) is 8.55. The van der Waals surface area contributed by atoms with Gasteiger partial charge in [-0.15, -0.1) is 0 Å². The molecule has 0 aliphatic carbocycles. The van der Waals surface area contributed by atoms with Crippen molar-refractivity contribution in [3.8, 4) is 0 Å². The minimum atomic E-state index is -6.02. The Labute approximate surface area is 631 Å². The van der Waals surface area contributed by atoms with Crippen LogP contribution in [-0.4, -0.2) is 305 Å². The Kier molecular flexibility index (Phi) is 49.8. The number of imidazole rings is 2. The molecule has 6 rings (SSSR count). The summed E-state index contributed by atoms with van der Waals surface area (Å²) < 4.78 is 186. The fraction of sp³-hybridized carbons (Fsp3) is 0.811. The summed E-state index contributed by atoms with van der Waals surface area (Å²) in [4.78, 5) is 94.2. The van der Waals surface area contributed by atoms with Crippen molar-refractivity contribution in [3.05, 3.63) is 25.3 Å². The van der Waals surface area contributed by atoms with E-state index in [-0.39, 0.29) is 67.6 Å². The van der Waals surface area contributed by atoms with Crippen molar-refractivity contribution in [1.29, 1.82) is 0 Å². The molecule has 0 radical (unpaired) electrons. The number of anilines is 2. The Hall–Kier alpha value is -3.32. The molecule has 0 bridgehead atoms. The predicted octanol–water partition coefficient (Wildman–Crippen LogP) is -5.65. The van der Waals surface area contributed by atoms with Gasteiger partial charge in [0, 0.05) is 46.1 Å². The average Bonchev–Trinajstić information content (AvgIpc) is 1.64. The standard InChI is InChI=1S/C26H50N7O18P3.C16H36N2O7.C11H18N5O12P3/c27-1-3-41-5-7-43-9-11-45-13-15-47-16-14-46-12-10-44-8-6-42-4-2-32-52(35,36)50-54(39,40)51-53(37,38)48-18-22-21(34)17-23(49-22)33-20-31-24-25(28)29-19-30-26(24)33;17-1-3-19-5-7-21-9-11-23-13-15-25-16-14-24-12-10-22-8-6-20-4-2-18;1-24-29(18,19)27-31(22,23)28-30(20,21)25-3-7-6(17)2-8(26-7)16-5-15-9-10(12)13-4-14-11(9)16/h19-23,34H,1-18,27H2,(H,37,38)(H,39,40)(H2,28,29,30)(H2,32,35,36);1-18H2;4-8,17H,2-3H2,1H3,(H,18,19)(H,20,21)(H,22,23)(H2,12,13,14)/p-6/t21?,22-,23-;;6?,7-,8-/m1.1/s1. The lowest BCUT2D eigenvalue weighted by Crippen LogP contribution is -2.28. The van der Waals surface area contributed by atoms with Gasteiger partial charge in [0.2, 0.25) is 7.75 Å². The topological polar surface area (TPSA) is 723 Å². The molecule has 2 aliphatic rings. The molecule has 4 aromatic heterocycles. The summed E-state index contributed by atoms with van der Waals surface area (Å²) in [5.41, 5.74) is 28.5. The molecule has 2 saturated heterocycles. The van der Waals surface area contributed by atoms with E-state index in [1.807, 2.05) is 0 Å². The largest absolute Gasteiger partial charge is 0.766 e. The van der Waals surface area contributed by atoms with E-state index in [0.717, 1.165) is 0 Å². The summed E-state index contributed by atoms with van der Waals surface area (Å²) in [5, 5.41) is 22.3. The first-order valence-corrected chi connectivity index (χ1v) is 42.4. The Morgan fingerprint density at radius 1 is 0.409 bits per heavy atom. The van der Waals surface area contributed by atoms with Crippen LogP contribution in [0.4, 0.5) is 11.6 Å². The number of nitrogens with two attached hydrogens (primary N) is 5. The van der Waals surface area contributed by atoms with E-state index >= 15 is 0 Å². The first-order chi connectivity index (χ1) is 52.6. The number of phosphoric acid groups is 5. The summed E-state index contributed by atoms with van der Waals surface area (Å²) in [6.45, 7) is 11.6. The van der Waals surface area contributed by atoms with Crippen LogP contribution in [0.5, 0.6) is 0 Å². The minimum absolute atomic E-state index is 0.0240. The van der Waals surface area contributed by atoms with Gasteiger partial charge in [0.15, 0.2) is 22.9 Å². The Balaban J connectivity index is 0.000000384. The Morgan fingerprint density at radius 2 is 0.682 bits per heavy atom. The molecule has 0 amide bonds. The van der Waals surface area contributed by atoms with Gasteiger partial charge in [-0.3, -0.25) is 45.9 Å². The maximum Gasteiger partial charge on any atom is 0.280 e. The number of hydrogen-bond acceptors (Lipinski definition) is 48. The second kappa shape index (κ2) is 55.3. The quantitative estimate of drug-likeness (QED) is 0.0151.